The second-order valence-corrected chi connectivity index (χ2v) is 9.93. The molecule has 0 aromatic heterocycles. The Balaban J connectivity index is 1.92. The van der Waals surface area contributed by atoms with Crippen LogP contribution in [0.1, 0.15) is 63.8 Å². The Bertz CT molecular complexity index is 974. The highest BCUT2D eigenvalue weighted by molar-refractivity contribution is 6.46. The number of phenolic OH excluding ortho intramolecular Hbond substituents is 1. The van der Waals surface area contributed by atoms with Gasteiger partial charge >= 0.3 is 6.03 Å². The van der Waals surface area contributed by atoms with E-state index in [-0.39, 0.29) is 35.4 Å². The van der Waals surface area contributed by atoms with E-state index in [1.165, 1.54) is 4.90 Å². The summed E-state index contributed by atoms with van der Waals surface area (Å²) in [6.07, 6.45) is 0.252. The Labute approximate surface area is 178 Å². The number of urea groups is 1. The number of carbonyl (C=O) groups is 2. The maximum atomic E-state index is 12.9. The van der Waals surface area contributed by atoms with Gasteiger partial charge in [-0.15, -0.1) is 0 Å². The standard InChI is InChI=1S/C25H30N2O3/c1-24(2,3)18-12-17(13-19(21(18)28)25(4,5)6)14-20-22(29)27(23(30)26-20)15-16-10-8-7-9-11-16/h7-13,28H,14-15H2,1-6H3. The number of benzene rings is 2. The average Bonchev–Trinajstić information content (AvgIpc) is 2.89. The van der Waals surface area contributed by atoms with Crippen molar-refractivity contribution in [3.63, 3.8) is 0 Å². The minimum atomic E-state index is -0.523. The largest absolute Gasteiger partial charge is 0.507 e. The van der Waals surface area contributed by atoms with Gasteiger partial charge < -0.3 is 5.11 Å². The van der Waals surface area contributed by atoms with Crippen LogP contribution >= 0.6 is 0 Å². The number of nitrogens with zero attached hydrogens (tertiary/aromatic N) is 2. The van der Waals surface area contributed by atoms with Crippen molar-refractivity contribution in [3.8, 4) is 5.75 Å². The zero-order chi connectivity index (χ0) is 22.3. The molecule has 0 spiro atoms. The molecule has 0 bridgehead atoms. The summed E-state index contributed by atoms with van der Waals surface area (Å²) in [5.41, 5.74) is 3.09. The zero-order valence-corrected chi connectivity index (χ0v) is 18.6. The van der Waals surface area contributed by atoms with Gasteiger partial charge in [-0.3, -0.25) is 9.69 Å². The first-order valence-electron chi connectivity index (χ1n) is 10.2. The van der Waals surface area contributed by atoms with Crippen LogP contribution < -0.4 is 0 Å². The van der Waals surface area contributed by atoms with Gasteiger partial charge in [-0.25, -0.2) is 4.79 Å². The molecule has 1 aliphatic rings. The molecule has 0 atom stereocenters. The van der Waals surface area contributed by atoms with Crippen molar-refractivity contribution in [1.82, 2.24) is 4.90 Å². The molecule has 3 amide bonds. The predicted molar refractivity (Wildman–Crippen MR) is 119 cm³/mol. The zero-order valence-electron chi connectivity index (χ0n) is 18.6. The van der Waals surface area contributed by atoms with Crippen LogP contribution in [0.25, 0.3) is 0 Å². The quantitative estimate of drug-likeness (QED) is 0.765. The van der Waals surface area contributed by atoms with E-state index in [0.717, 1.165) is 22.3 Å². The van der Waals surface area contributed by atoms with E-state index < -0.39 is 6.03 Å². The molecular weight excluding hydrogens is 376 g/mol. The molecule has 3 rings (SSSR count). The molecule has 1 heterocycles. The van der Waals surface area contributed by atoms with Gasteiger partial charge in [0.25, 0.3) is 5.91 Å². The van der Waals surface area contributed by atoms with Crippen molar-refractivity contribution < 1.29 is 14.7 Å². The minimum Gasteiger partial charge on any atom is -0.507 e. The molecule has 1 aliphatic heterocycles. The van der Waals surface area contributed by atoms with Crippen molar-refractivity contribution in [1.29, 1.82) is 0 Å². The molecule has 0 aliphatic carbocycles. The number of imide groups is 1. The van der Waals surface area contributed by atoms with Gasteiger partial charge in [-0.2, -0.15) is 4.99 Å². The molecule has 2 aromatic rings. The number of hydrogen-bond acceptors (Lipinski definition) is 3. The third kappa shape index (κ3) is 4.45. The normalized spacial score (nSPS) is 15.0. The maximum Gasteiger partial charge on any atom is 0.351 e. The lowest BCUT2D eigenvalue weighted by Crippen LogP contribution is -2.32. The molecule has 2 aromatic carbocycles. The average molecular weight is 407 g/mol. The van der Waals surface area contributed by atoms with Crippen LogP contribution in [0.4, 0.5) is 4.79 Å². The Hall–Kier alpha value is -2.95. The molecule has 0 unspecified atom stereocenters. The van der Waals surface area contributed by atoms with Crippen molar-refractivity contribution in [2.75, 3.05) is 0 Å². The lowest BCUT2D eigenvalue weighted by atomic mass is 9.78. The summed E-state index contributed by atoms with van der Waals surface area (Å²) in [6, 6.07) is 12.7. The molecule has 158 valence electrons. The smallest absolute Gasteiger partial charge is 0.351 e. The monoisotopic (exact) mass is 406 g/mol. The van der Waals surface area contributed by atoms with Gasteiger partial charge in [0.15, 0.2) is 0 Å². The first-order valence-corrected chi connectivity index (χ1v) is 10.2. The summed E-state index contributed by atoms with van der Waals surface area (Å²) in [6.45, 7) is 12.5. The number of carbonyl (C=O) groups excluding carboxylic acids is 2. The third-order valence-electron chi connectivity index (χ3n) is 5.29. The van der Waals surface area contributed by atoms with E-state index in [1.807, 2.05) is 84.0 Å². The number of hydrogen-bond donors (Lipinski definition) is 1. The first kappa shape index (κ1) is 21.8. The summed E-state index contributed by atoms with van der Waals surface area (Å²) in [4.78, 5) is 30.5. The van der Waals surface area contributed by atoms with Crippen molar-refractivity contribution in [2.24, 2.45) is 4.99 Å². The third-order valence-corrected chi connectivity index (χ3v) is 5.29. The summed E-state index contributed by atoms with van der Waals surface area (Å²) >= 11 is 0. The molecule has 0 saturated carbocycles. The van der Waals surface area contributed by atoms with Crippen LogP contribution in [-0.2, 0) is 28.6 Å². The van der Waals surface area contributed by atoms with E-state index in [0.29, 0.717) is 5.75 Å². The molecule has 0 radical (unpaired) electrons. The fourth-order valence-electron chi connectivity index (χ4n) is 3.62. The second-order valence-electron chi connectivity index (χ2n) is 9.93. The highest BCUT2D eigenvalue weighted by atomic mass is 16.3. The fourth-order valence-corrected chi connectivity index (χ4v) is 3.62. The molecule has 0 fully saturated rings. The minimum absolute atomic E-state index is 0.210. The van der Waals surface area contributed by atoms with Gasteiger partial charge in [0.1, 0.15) is 11.5 Å². The Morgan fingerprint density at radius 3 is 1.90 bits per heavy atom. The van der Waals surface area contributed by atoms with E-state index in [9.17, 15) is 14.7 Å². The molecule has 5 nitrogen and oxygen atoms in total. The van der Waals surface area contributed by atoms with E-state index in [4.69, 9.17) is 0 Å². The van der Waals surface area contributed by atoms with E-state index >= 15 is 0 Å². The molecular formula is C25H30N2O3. The van der Waals surface area contributed by atoms with Gasteiger partial charge in [0.2, 0.25) is 0 Å². The van der Waals surface area contributed by atoms with Crippen molar-refractivity contribution in [3.05, 3.63) is 64.7 Å². The van der Waals surface area contributed by atoms with Gasteiger partial charge in [0, 0.05) is 6.42 Å². The Kier molecular flexibility index (Phi) is 5.59. The maximum absolute atomic E-state index is 12.9. The van der Waals surface area contributed by atoms with Crippen molar-refractivity contribution in [2.45, 2.75) is 65.3 Å². The highest BCUT2D eigenvalue weighted by Gasteiger charge is 2.34. The first-order chi connectivity index (χ1) is 13.9. The van der Waals surface area contributed by atoms with Gasteiger partial charge in [-0.05, 0) is 33.1 Å². The lowest BCUT2D eigenvalue weighted by Gasteiger charge is -2.28. The molecule has 0 saturated heterocycles. The van der Waals surface area contributed by atoms with Gasteiger partial charge in [-0.1, -0.05) is 84.0 Å². The van der Waals surface area contributed by atoms with Crippen LogP contribution in [0.15, 0.2) is 47.5 Å². The molecule has 30 heavy (non-hydrogen) atoms. The van der Waals surface area contributed by atoms with Crippen LogP contribution in [0, 0.1) is 0 Å². The van der Waals surface area contributed by atoms with Crippen LogP contribution in [0.2, 0.25) is 0 Å². The Morgan fingerprint density at radius 2 is 1.40 bits per heavy atom. The van der Waals surface area contributed by atoms with E-state index in [2.05, 4.69) is 4.99 Å². The molecule has 5 heteroatoms. The summed E-state index contributed by atoms with van der Waals surface area (Å²) in [5.74, 6) is -0.0632. The number of amides is 3. The Morgan fingerprint density at radius 1 is 0.867 bits per heavy atom. The fraction of sp³-hybridized carbons (Fsp3) is 0.400. The van der Waals surface area contributed by atoms with Crippen LogP contribution in [-0.4, -0.2) is 27.7 Å². The lowest BCUT2D eigenvalue weighted by molar-refractivity contribution is -0.121. The van der Waals surface area contributed by atoms with E-state index in [1.54, 1.807) is 0 Å². The van der Waals surface area contributed by atoms with Crippen LogP contribution in [0.3, 0.4) is 0 Å². The van der Waals surface area contributed by atoms with Crippen molar-refractivity contribution >= 4 is 17.6 Å². The number of aliphatic imine (C=N–C) groups is 1. The summed E-state index contributed by atoms with van der Waals surface area (Å²) in [7, 11) is 0. The highest BCUT2D eigenvalue weighted by Crippen LogP contribution is 2.40. The summed E-state index contributed by atoms with van der Waals surface area (Å²) < 4.78 is 0. The number of phenols is 1. The number of rotatable bonds is 4. The number of aromatic hydroxyl groups is 1. The molecule has 1 N–H and O–H groups in total. The summed E-state index contributed by atoms with van der Waals surface area (Å²) in [5, 5.41) is 10.9. The van der Waals surface area contributed by atoms with Gasteiger partial charge in [0.05, 0.1) is 6.54 Å². The topological polar surface area (TPSA) is 70.0 Å². The predicted octanol–water partition coefficient (Wildman–Crippen LogP) is 5.13. The SMILES string of the molecule is CC(C)(C)c1cc(CC2=NC(=O)N(Cc3ccccc3)C2=O)cc(C(C)(C)C)c1O. The second kappa shape index (κ2) is 7.71. The van der Waals surface area contributed by atoms with Crippen LogP contribution in [0.5, 0.6) is 5.75 Å².